The lowest BCUT2D eigenvalue weighted by molar-refractivity contribution is 0.900. The second-order valence-corrected chi connectivity index (χ2v) is 6.57. The summed E-state index contributed by atoms with van der Waals surface area (Å²) < 4.78 is 1.87. The molecule has 0 N–H and O–H groups in total. The zero-order chi connectivity index (χ0) is 16.5. The molecule has 2 heterocycles. The maximum Gasteiger partial charge on any atom is 0.212 e. The number of thiazole rings is 1. The van der Waals surface area contributed by atoms with E-state index in [-0.39, 0.29) is 0 Å². The fourth-order valence-electron chi connectivity index (χ4n) is 2.54. The fourth-order valence-corrected chi connectivity index (χ4v) is 3.52. The third-order valence-electron chi connectivity index (χ3n) is 3.72. The summed E-state index contributed by atoms with van der Waals surface area (Å²) in [4.78, 5) is 5.45. The molecule has 0 amide bonds. The SMILES string of the molecule is N#Cc1cc(Cc2csc3nc(-c4ccccc4)nn23)ccc1Cl. The Kier molecular flexibility index (Phi) is 3.77. The summed E-state index contributed by atoms with van der Waals surface area (Å²) in [5.74, 6) is 0.720. The molecular weight excluding hydrogens is 340 g/mol. The predicted octanol–water partition coefficient (Wildman–Crippen LogP) is 4.57. The quantitative estimate of drug-likeness (QED) is 0.543. The van der Waals surface area contributed by atoms with Crippen LogP contribution >= 0.6 is 22.9 Å². The van der Waals surface area contributed by atoms with Gasteiger partial charge in [-0.3, -0.25) is 0 Å². The van der Waals surface area contributed by atoms with E-state index in [1.165, 1.54) is 0 Å². The molecule has 116 valence electrons. The van der Waals surface area contributed by atoms with Crippen molar-refractivity contribution in [2.24, 2.45) is 0 Å². The smallest absolute Gasteiger partial charge is 0.207 e. The first kappa shape index (κ1) is 14.9. The molecule has 0 spiro atoms. The lowest BCUT2D eigenvalue weighted by Gasteiger charge is -2.02. The van der Waals surface area contributed by atoms with Crippen molar-refractivity contribution in [2.75, 3.05) is 0 Å². The van der Waals surface area contributed by atoms with Crippen molar-refractivity contribution in [1.29, 1.82) is 5.26 Å². The molecule has 0 bridgehead atoms. The van der Waals surface area contributed by atoms with Gasteiger partial charge in [0.15, 0.2) is 5.82 Å². The van der Waals surface area contributed by atoms with E-state index in [9.17, 15) is 0 Å². The molecule has 0 fully saturated rings. The van der Waals surface area contributed by atoms with Crippen molar-refractivity contribution < 1.29 is 0 Å². The van der Waals surface area contributed by atoms with Crippen molar-refractivity contribution in [2.45, 2.75) is 6.42 Å². The molecule has 0 aliphatic carbocycles. The molecule has 2 aromatic carbocycles. The molecule has 6 heteroatoms. The number of hydrogen-bond donors (Lipinski definition) is 0. The van der Waals surface area contributed by atoms with E-state index in [0.717, 1.165) is 27.6 Å². The highest BCUT2D eigenvalue weighted by Gasteiger charge is 2.12. The highest BCUT2D eigenvalue weighted by Crippen LogP contribution is 2.23. The van der Waals surface area contributed by atoms with Crippen LogP contribution in [0.25, 0.3) is 16.3 Å². The summed E-state index contributed by atoms with van der Waals surface area (Å²) in [5.41, 5.74) is 3.55. The van der Waals surface area contributed by atoms with Gasteiger partial charge in [0.25, 0.3) is 0 Å². The Labute approximate surface area is 147 Å². The summed E-state index contributed by atoms with van der Waals surface area (Å²) in [7, 11) is 0. The number of halogens is 1. The van der Waals surface area contributed by atoms with E-state index in [1.807, 2.05) is 52.4 Å². The van der Waals surface area contributed by atoms with Gasteiger partial charge in [-0.1, -0.05) is 48.0 Å². The Morgan fingerprint density at radius 3 is 2.79 bits per heavy atom. The van der Waals surface area contributed by atoms with Crippen LogP contribution in [0.1, 0.15) is 16.8 Å². The maximum atomic E-state index is 9.11. The van der Waals surface area contributed by atoms with E-state index in [4.69, 9.17) is 16.9 Å². The third-order valence-corrected chi connectivity index (χ3v) is 4.91. The topological polar surface area (TPSA) is 54.0 Å². The van der Waals surface area contributed by atoms with Gasteiger partial charge in [0.1, 0.15) is 6.07 Å². The van der Waals surface area contributed by atoms with Crippen LogP contribution in [0, 0.1) is 11.3 Å². The Bertz CT molecular complexity index is 1060. The van der Waals surface area contributed by atoms with Gasteiger partial charge < -0.3 is 0 Å². The summed E-state index contributed by atoms with van der Waals surface area (Å²) in [5, 5.41) is 16.3. The molecule has 0 aliphatic heterocycles. The second kappa shape index (κ2) is 6.08. The van der Waals surface area contributed by atoms with Crippen molar-refractivity contribution in [3.8, 4) is 17.5 Å². The monoisotopic (exact) mass is 350 g/mol. The predicted molar refractivity (Wildman–Crippen MR) is 95.3 cm³/mol. The van der Waals surface area contributed by atoms with Crippen LogP contribution < -0.4 is 0 Å². The number of nitrogens with zero attached hydrogens (tertiary/aromatic N) is 4. The zero-order valence-corrected chi connectivity index (χ0v) is 14.1. The molecule has 24 heavy (non-hydrogen) atoms. The summed E-state index contributed by atoms with van der Waals surface area (Å²) in [6, 6.07) is 17.5. The number of fused-ring (bicyclic) bond motifs is 1. The minimum atomic E-state index is 0.476. The van der Waals surface area contributed by atoms with Crippen LogP contribution in [0.2, 0.25) is 5.02 Å². The maximum absolute atomic E-state index is 9.11. The van der Waals surface area contributed by atoms with Gasteiger partial charge in [-0.15, -0.1) is 16.4 Å². The normalized spacial score (nSPS) is 10.8. The first-order valence-corrected chi connectivity index (χ1v) is 8.57. The van der Waals surface area contributed by atoms with Crippen molar-refractivity contribution in [3.05, 3.63) is 75.8 Å². The van der Waals surface area contributed by atoms with Gasteiger partial charge in [-0.2, -0.15) is 10.2 Å². The fraction of sp³-hybridized carbons (Fsp3) is 0.0556. The van der Waals surface area contributed by atoms with Gasteiger partial charge in [-0.05, 0) is 17.7 Å². The zero-order valence-electron chi connectivity index (χ0n) is 12.5. The van der Waals surface area contributed by atoms with Crippen LogP contribution in [0.5, 0.6) is 0 Å². The van der Waals surface area contributed by atoms with Crippen LogP contribution in [-0.2, 0) is 6.42 Å². The van der Waals surface area contributed by atoms with Crippen molar-refractivity contribution in [1.82, 2.24) is 14.6 Å². The minimum Gasteiger partial charge on any atom is -0.207 e. The van der Waals surface area contributed by atoms with Gasteiger partial charge in [0.05, 0.1) is 16.3 Å². The van der Waals surface area contributed by atoms with E-state index >= 15 is 0 Å². The average Bonchev–Trinajstić information content (AvgIpc) is 3.19. The molecule has 4 aromatic rings. The standard InChI is InChI=1S/C18H11ClN4S/c19-16-7-6-12(8-14(16)10-20)9-15-11-24-18-21-17(22-23(15)18)13-4-2-1-3-5-13/h1-8,11H,9H2. The van der Waals surface area contributed by atoms with E-state index in [2.05, 4.69) is 16.2 Å². The van der Waals surface area contributed by atoms with Crippen LogP contribution in [-0.4, -0.2) is 14.6 Å². The lowest BCUT2D eigenvalue weighted by atomic mass is 10.1. The number of rotatable bonds is 3. The van der Waals surface area contributed by atoms with Gasteiger partial charge in [0, 0.05) is 17.4 Å². The molecule has 2 aromatic heterocycles. The number of nitriles is 1. The number of aromatic nitrogens is 3. The minimum absolute atomic E-state index is 0.476. The number of hydrogen-bond acceptors (Lipinski definition) is 4. The number of benzene rings is 2. The first-order valence-electron chi connectivity index (χ1n) is 7.31. The van der Waals surface area contributed by atoms with Gasteiger partial charge in [-0.25, -0.2) is 4.52 Å². The summed E-state index contributed by atoms with van der Waals surface area (Å²) >= 11 is 7.56. The highest BCUT2D eigenvalue weighted by molar-refractivity contribution is 7.15. The Morgan fingerprint density at radius 2 is 2.00 bits per heavy atom. The molecule has 0 saturated carbocycles. The van der Waals surface area contributed by atoms with E-state index in [1.54, 1.807) is 17.4 Å². The van der Waals surface area contributed by atoms with Crippen molar-refractivity contribution in [3.63, 3.8) is 0 Å². The Balaban J connectivity index is 1.70. The molecular formula is C18H11ClN4S. The van der Waals surface area contributed by atoms with E-state index < -0.39 is 0 Å². The Morgan fingerprint density at radius 1 is 1.17 bits per heavy atom. The lowest BCUT2D eigenvalue weighted by Crippen LogP contribution is -1.96. The molecule has 0 unspecified atom stereocenters. The van der Waals surface area contributed by atoms with Crippen molar-refractivity contribution >= 4 is 27.9 Å². The van der Waals surface area contributed by atoms with Gasteiger partial charge in [0.2, 0.25) is 4.96 Å². The average molecular weight is 351 g/mol. The van der Waals surface area contributed by atoms with Crippen LogP contribution in [0.3, 0.4) is 0 Å². The van der Waals surface area contributed by atoms with Gasteiger partial charge >= 0.3 is 0 Å². The molecule has 4 nitrogen and oxygen atoms in total. The molecule has 4 rings (SSSR count). The van der Waals surface area contributed by atoms with E-state index in [0.29, 0.717) is 17.0 Å². The largest absolute Gasteiger partial charge is 0.212 e. The highest BCUT2D eigenvalue weighted by atomic mass is 35.5. The first-order chi connectivity index (χ1) is 11.7. The molecule has 0 radical (unpaired) electrons. The third kappa shape index (κ3) is 2.67. The molecule has 0 atom stereocenters. The summed E-state index contributed by atoms with van der Waals surface area (Å²) in [6.45, 7) is 0. The molecule has 0 aliphatic rings. The second-order valence-electron chi connectivity index (χ2n) is 5.33. The molecule has 0 saturated heterocycles. The van der Waals surface area contributed by atoms with Crippen LogP contribution in [0.4, 0.5) is 0 Å². The summed E-state index contributed by atoms with van der Waals surface area (Å²) in [6.07, 6.45) is 0.670. The Hall–Kier alpha value is -2.68. The van der Waals surface area contributed by atoms with Crippen LogP contribution in [0.15, 0.2) is 53.9 Å².